The van der Waals surface area contributed by atoms with Crippen LogP contribution in [0.25, 0.3) is 0 Å². The van der Waals surface area contributed by atoms with Crippen LogP contribution in [0.1, 0.15) is 21.5 Å². The zero-order chi connectivity index (χ0) is 15.2. The van der Waals surface area contributed by atoms with Crippen molar-refractivity contribution in [2.45, 2.75) is 6.42 Å². The molecule has 0 saturated carbocycles. The highest BCUT2D eigenvalue weighted by Gasteiger charge is 2.14. The van der Waals surface area contributed by atoms with Gasteiger partial charge >= 0.3 is 0 Å². The summed E-state index contributed by atoms with van der Waals surface area (Å²) in [6.07, 6.45) is 0.910. The molecule has 1 heterocycles. The van der Waals surface area contributed by atoms with E-state index < -0.39 is 0 Å². The van der Waals surface area contributed by atoms with Gasteiger partial charge in [0, 0.05) is 31.7 Å². The van der Waals surface area contributed by atoms with Gasteiger partial charge in [-0.05, 0) is 17.5 Å². The van der Waals surface area contributed by atoms with Crippen LogP contribution in [0.5, 0.6) is 0 Å². The van der Waals surface area contributed by atoms with E-state index in [2.05, 4.69) is 46.6 Å². The van der Waals surface area contributed by atoms with E-state index in [1.807, 2.05) is 18.2 Å². The van der Waals surface area contributed by atoms with Gasteiger partial charge in [0.1, 0.15) is 0 Å². The minimum Gasteiger partial charge on any atom is -0.314 e. The van der Waals surface area contributed by atoms with E-state index in [4.69, 9.17) is 0 Å². The van der Waals surface area contributed by atoms with Gasteiger partial charge in [0.25, 0.3) is 0 Å². The number of carbonyl (C=O) groups is 1. The Labute approximate surface area is 132 Å². The van der Waals surface area contributed by atoms with E-state index >= 15 is 0 Å². The lowest BCUT2D eigenvalue weighted by molar-refractivity contribution is 0.0921. The van der Waals surface area contributed by atoms with Crippen molar-refractivity contribution in [3.63, 3.8) is 0 Å². The zero-order valence-corrected chi connectivity index (χ0v) is 12.8. The molecule has 1 N–H and O–H groups in total. The molecule has 1 saturated heterocycles. The molecule has 3 nitrogen and oxygen atoms in total. The number of rotatable bonds is 5. The molecule has 1 aliphatic rings. The first-order chi connectivity index (χ1) is 10.8. The molecule has 0 spiro atoms. The number of hydrogen-bond acceptors (Lipinski definition) is 3. The van der Waals surface area contributed by atoms with Crippen LogP contribution < -0.4 is 5.32 Å². The van der Waals surface area contributed by atoms with Gasteiger partial charge in [-0.25, -0.2) is 0 Å². The number of nitrogens with zero attached hydrogens (tertiary/aromatic N) is 1. The Kier molecular flexibility index (Phi) is 4.99. The van der Waals surface area contributed by atoms with Crippen LogP contribution in [0.15, 0.2) is 54.6 Å². The van der Waals surface area contributed by atoms with Gasteiger partial charge in [-0.15, -0.1) is 0 Å². The van der Waals surface area contributed by atoms with Crippen LogP contribution in [-0.4, -0.2) is 43.4 Å². The molecule has 0 aromatic heterocycles. The van der Waals surface area contributed by atoms with Crippen molar-refractivity contribution >= 4 is 5.78 Å². The Balaban J connectivity index is 1.59. The van der Waals surface area contributed by atoms with Crippen molar-refractivity contribution in [2.24, 2.45) is 0 Å². The largest absolute Gasteiger partial charge is 0.314 e. The molecule has 0 aliphatic carbocycles. The highest BCUT2D eigenvalue weighted by Crippen LogP contribution is 2.11. The fourth-order valence-electron chi connectivity index (χ4n) is 2.80. The molecule has 2 aromatic carbocycles. The summed E-state index contributed by atoms with van der Waals surface area (Å²) in [5, 5.41) is 3.31. The molecular formula is C19H22N2O. The molecule has 1 aliphatic heterocycles. The lowest BCUT2D eigenvalue weighted by atomic mass is 10.0. The number of hydrogen-bond donors (Lipinski definition) is 1. The molecular weight excluding hydrogens is 272 g/mol. The maximum atomic E-state index is 12.3. The molecule has 22 heavy (non-hydrogen) atoms. The molecule has 1 fully saturated rings. The Morgan fingerprint density at radius 1 is 0.909 bits per heavy atom. The van der Waals surface area contributed by atoms with Gasteiger partial charge in [-0.2, -0.15) is 0 Å². The van der Waals surface area contributed by atoms with Crippen LogP contribution in [0.2, 0.25) is 0 Å². The Bertz CT molecular complexity index is 601. The van der Waals surface area contributed by atoms with Crippen molar-refractivity contribution in [1.82, 2.24) is 10.2 Å². The minimum atomic E-state index is 0.216. The van der Waals surface area contributed by atoms with E-state index in [1.165, 1.54) is 11.1 Å². The standard InChI is InChI=1S/C19H22N2O/c22-19(15-21-12-10-20-11-13-21)18-8-6-17(7-9-18)14-16-4-2-1-3-5-16/h1-9,20H,10-15H2. The quantitative estimate of drug-likeness (QED) is 0.859. The summed E-state index contributed by atoms with van der Waals surface area (Å²) in [5.74, 6) is 0.216. The highest BCUT2D eigenvalue weighted by molar-refractivity contribution is 5.97. The highest BCUT2D eigenvalue weighted by atomic mass is 16.1. The molecule has 114 valence electrons. The van der Waals surface area contributed by atoms with Crippen molar-refractivity contribution in [2.75, 3.05) is 32.7 Å². The van der Waals surface area contributed by atoms with Gasteiger partial charge in [0.15, 0.2) is 5.78 Å². The van der Waals surface area contributed by atoms with Crippen molar-refractivity contribution in [1.29, 1.82) is 0 Å². The lowest BCUT2D eigenvalue weighted by Crippen LogP contribution is -2.45. The average Bonchev–Trinajstić information content (AvgIpc) is 2.57. The second-order valence-electron chi connectivity index (χ2n) is 5.81. The first-order valence-corrected chi connectivity index (χ1v) is 7.90. The van der Waals surface area contributed by atoms with E-state index in [9.17, 15) is 4.79 Å². The fourth-order valence-corrected chi connectivity index (χ4v) is 2.80. The smallest absolute Gasteiger partial charge is 0.176 e. The molecule has 0 bridgehead atoms. The van der Waals surface area contributed by atoms with E-state index in [0.29, 0.717) is 6.54 Å². The maximum Gasteiger partial charge on any atom is 0.176 e. The number of carbonyl (C=O) groups excluding carboxylic acids is 1. The molecule has 0 radical (unpaired) electrons. The summed E-state index contributed by atoms with van der Waals surface area (Å²) in [6, 6.07) is 18.5. The molecule has 0 amide bonds. The van der Waals surface area contributed by atoms with Crippen LogP contribution in [0.3, 0.4) is 0 Å². The van der Waals surface area contributed by atoms with E-state index in [0.717, 1.165) is 38.2 Å². The molecule has 2 aromatic rings. The minimum absolute atomic E-state index is 0.216. The molecule has 0 atom stereocenters. The first-order valence-electron chi connectivity index (χ1n) is 7.90. The Morgan fingerprint density at radius 3 is 2.23 bits per heavy atom. The summed E-state index contributed by atoms with van der Waals surface area (Å²) >= 11 is 0. The predicted molar refractivity (Wildman–Crippen MR) is 89.3 cm³/mol. The van der Waals surface area contributed by atoms with Gasteiger partial charge in [-0.3, -0.25) is 9.69 Å². The Hall–Kier alpha value is -1.97. The zero-order valence-electron chi connectivity index (χ0n) is 12.8. The van der Waals surface area contributed by atoms with E-state index in [-0.39, 0.29) is 5.78 Å². The maximum absolute atomic E-state index is 12.3. The third-order valence-electron chi connectivity index (χ3n) is 4.10. The first kappa shape index (κ1) is 14.9. The van der Waals surface area contributed by atoms with Gasteiger partial charge in [0.2, 0.25) is 0 Å². The van der Waals surface area contributed by atoms with Crippen LogP contribution in [-0.2, 0) is 6.42 Å². The molecule has 3 rings (SSSR count). The number of piperazine rings is 1. The summed E-state index contributed by atoms with van der Waals surface area (Å²) in [6.45, 7) is 4.39. The van der Waals surface area contributed by atoms with Crippen LogP contribution >= 0.6 is 0 Å². The number of benzene rings is 2. The topological polar surface area (TPSA) is 32.3 Å². The molecule has 0 unspecified atom stereocenters. The summed E-state index contributed by atoms with van der Waals surface area (Å²) in [7, 11) is 0. The van der Waals surface area contributed by atoms with Crippen LogP contribution in [0, 0.1) is 0 Å². The normalized spacial score (nSPS) is 15.6. The lowest BCUT2D eigenvalue weighted by Gasteiger charge is -2.26. The third kappa shape index (κ3) is 4.03. The number of nitrogens with one attached hydrogen (secondary N) is 1. The summed E-state index contributed by atoms with van der Waals surface area (Å²) < 4.78 is 0. The summed E-state index contributed by atoms with van der Waals surface area (Å²) in [4.78, 5) is 14.5. The predicted octanol–water partition coefficient (Wildman–Crippen LogP) is 2.37. The van der Waals surface area contributed by atoms with E-state index in [1.54, 1.807) is 0 Å². The number of Topliss-reactive ketones (excluding diaryl/α,β-unsaturated/α-hetero) is 1. The third-order valence-corrected chi connectivity index (χ3v) is 4.10. The average molecular weight is 294 g/mol. The SMILES string of the molecule is O=C(CN1CCNCC1)c1ccc(Cc2ccccc2)cc1. The van der Waals surface area contributed by atoms with Crippen molar-refractivity contribution in [3.05, 3.63) is 71.3 Å². The molecule has 3 heteroatoms. The monoisotopic (exact) mass is 294 g/mol. The summed E-state index contributed by atoms with van der Waals surface area (Å²) in [5.41, 5.74) is 3.35. The van der Waals surface area contributed by atoms with Gasteiger partial charge in [-0.1, -0.05) is 54.6 Å². The fraction of sp³-hybridized carbons (Fsp3) is 0.316. The Morgan fingerprint density at radius 2 is 1.55 bits per heavy atom. The second-order valence-corrected chi connectivity index (χ2v) is 5.81. The van der Waals surface area contributed by atoms with Gasteiger partial charge in [0.05, 0.1) is 6.54 Å². The second kappa shape index (κ2) is 7.34. The van der Waals surface area contributed by atoms with Gasteiger partial charge < -0.3 is 5.32 Å². The van der Waals surface area contributed by atoms with Crippen molar-refractivity contribution < 1.29 is 4.79 Å². The van der Waals surface area contributed by atoms with Crippen LogP contribution in [0.4, 0.5) is 0 Å². The number of ketones is 1. The van der Waals surface area contributed by atoms with Crippen molar-refractivity contribution in [3.8, 4) is 0 Å².